The molecule has 0 aliphatic heterocycles. The van der Waals surface area contributed by atoms with E-state index in [9.17, 15) is 4.79 Å². The molecule has 0 aliphatic carbocycles. The number of nitrogens with zero attached hydrogens (tertiary/aromatic N) is 3. The molecule has 102 valence electrons. The number of aromatic nitrogens is 3. The molecule has 5 nitrogen and oxygen atoms in total. The minimum atomic E-state index is -0.0401. The Labute approximate surface area is 113 Å². The van der Waals surface area contributed by atoms with E-state index in [-0.39, 0.29) is 11.9 Å². The van der Waals surface area contributed by atoms with Crippen LogP contribution in [-0.4, -0.2) is 26.9 Å². The number of hydrogen-bond acceptors (Lipinski definition) is 3. The molecule has 1 aromatic carbocycles. The quantitative estimate of drug-likeness (QED) is 0.897. The number of aryl methyl sites for hydroxylation is 1. The summed E-state index contributed by atoms with van der Waals surface area (Å²) in [6.45, 7) is 6.94. The molecule has 1 aromatic heterocycles. The fourth-order valence-electron chi connectivity index (χ4n) is 2.11. The Bertz CT molecular complexity index is 572. The fourth-order valence-corrected chi connectivity index (χ4v) is 2.11. The first-order valence-corrected chi connectivity index (χ1v) is 6.83. The van der Waals surface area contributed by atoms with Crippen LogP contribution in [0, 0.1) is 0 Å². The van der Waals surface area contributed by atoms with Crippen molar-refractivity contribution >= 4 is 16.9 Å². The third-order valence-electron chi connectivity index (χ3n) is 3.40. The van der Waals surface area contributed by atoms with Crippen LogP contribution in [0.5, 0.6) is 0 Å². The Kier molecular flexibility index (Phi) is 4.14. The van der Waals surface area contributed by atoms with Gasteiger partial charge in [-0.25, -0.2) is 4.68 Å². The van der Waals surface area contributed by atoms with Crippen molar-refractivity contribution in [1.82, 2.24) is 20.3 Å². The normalized spacial score (nSPS) is 11.2. The van der Waals surface area contributed by atoms with Gasteiger partial charge in [0.15, 0.2) is 0 Å². The van der Waals surface area contributed by atoms with Crippen LogP contribution >= 0.6 is 0 Å². The van der Waals surface area contributed by atoms with E-state index in [0.29, 0.717) is 5.56 Å². The highest BCUT2D eigenvalue weighted by atomic mass is 16.1. The van der Waals surface area contributed by atoms with Crippen LogP contribution in [0.3, 0.4) is 0 Å². The van der Waals surface area contributed by atoms with Gasteiger partial charge in [0.05, 0.1) is 5.52 Å². The van der Waals surface area contributed by atoms with Gasteiger partial charge in [0.2, 0.25) is 0 Å². The lowest BCUT2D eigenvalue weighted by Crippen LogP contribution is -2.33. The molecule has 0 saturated carbocycles. The molecule has 19 heavy (non-hydrogen) atoms. The Hall–Kier alpha value is -1.91. The first-order chi connectivity index (χ1) is 9.19. The summed E-state index contributed by atoms with van der Waals surface area (Å²) in [7, 11) is 0. The number of amides is 1. The molecule has 0 unspecified atom stereocenters. The molecular weight excluding hydrogens is 240 g/mol. The minimum absolute atomic E-state index is 0.0401. The maximum absolute atomic E-state index is 12.1. The smallest absolute Gasteiger partial charge is 0.251 e. The molecule has 2 rings (SSSR count). The summed E-state index contributed by atoms with van der Waals surface area (Å²) in [5, 5.41) is 11.2. The first kappa shape index (κ1) is 13.5. The van der Waals surface area contributed by atoms with Gasteiger partial charge >= 0.3 is 0 Å². The lowest BCUT2D eigenvalue weighted by atomic mass is 10.1. The molecule has 1 N–H and O–H groups in total. The summed E-state index contributed by atoms with van der Waals surface area (Å²) < 4.78 is 1.82. The zero-order chi connectivity index (χ0) is 13.8. The van der Waals surface area contributed by atoms with Gasteiger partial charge in [-0.2, -0.15) is 0 Å². The summed E-state index contributed by atoms with van der Waals surface area (Å²) >= 11 is 0. The van der Waals surface area contributed by atoms with Crippen molar-refractivity contribution in [1.29, 1.82) is 0 Å². The molecule has 0 bridgehead atoms. The number of nitrogens with one attached hydrogen (secondary N) is 1. The van der Waals surface area contributed by atoms with E-state index in [1.807, 2.05) is 23.7 Å². The molecule has 1 heterocycles. The standard InChI is InChI=1S/C14H20N4O/c1-4-11(5-2)15-14(19)10-7-8-13-12(9-10)16-17-18(13)6-3/h7-9,11H,4-6H2,1-3H3,(H,15,19). The van der Waals surface area contributed by atoms with Crippen molar-refractivity contribution in [3.8, 4) is 0 Å². The SMILES string of the molecule is CCC(CC)NC(=O)c1ccc2c(c1)nnn2CC. The Morgan fingerprint density at radius 3 is 2.68 bits per heavy atom. The average molecular weight is 260 g/mol. The number of carbonyl (C=O) groups excluding carboxylic acids is 1. The van der Waals surface area contributed by atoms with E-state index in [0.717, 1.165) is 30.4 Å². The second-order valence-corrected chi connectivity index (χ2v) is 4.60. The largest absolute Gasteiger partial charge is 0.349 e. The molecule has 5 heteroatoms. The van der Waals surface area contributed by atoms with E-state index < -0.39 is 0 Å². The van der Waals surface area contributed by atoms with E-state index in [1.165, 1.54) is 0 Å². The highest BCUT2D eigenvalue weighted by Crippen LogP contribution is 2.13. The minimum Gasteiger partial charge on any atom is -0.349 e. The molecule has 0 aliphatic rings. The maximum Gasteiger partial charge on any atom is 0.251 e. The van der Waals surface area contributed by atoms with E-state index >= 15 is 0 Å². The molecular formula is C14H20N4O. The molecule has 0 saturated heterocycles. The molecule has 2 aromatic rings. The van der Waals surface area contributed by atoms with Crippen LogP contribution in [-0.2, 0) is 6.54 Å². The van der Waals surface area contributed by atoms with Crippen LogP contribution in [0.2, 0.25) is 0 Å². The van der Waals surface area contributed by atoms with Crippen LogP contribution < -0.4 is 5.32 Å². The number of carbonyl (C=O) groups is 1. The summed E-state index contributed by atoms with van der Waals surface area (Å²) in [5.41, 5.74) is 2.36. The van der Waals surface area contributed by atoms with Crippen molar-refractivity contribution in [2.45, 2.75) is 46.2 Å². The number of hydrogen-bond donors (Lipinski definition) is 1. The summed E-state index contributed by atoms with van der Waals surface area (Å²) in [5.74, 6) is -0.0401. The van der Waals surface area contributed by atoms with Crippen molar-refractivity contribution in [3.63, 3.8) is 0 Å². The van der Waals surface area contributed by atoms with Gasteiger partial charge in [0, 0.05) is 18.2 Å². The number of rotatable bonds is 5. The molecule has 0 radical (unpaired) electrons. The summed E-state index contributed by atoms with van der Waals surface area (Å²) in [6, 6.07) is 5.76. The maximum atomic E-state index is 12.1. The summed E-state index contributed by atoms with van der Waals surface area (Å²) in [4.78, 5) is 12.1. The van der Waals surface area contributed by atoms with Gasteiger partial charge in [-0.1, -0.05) is 19.1 Å². The van der Waals surface area contributed by atoms with Crippen LogP contribution in [0.1, 0.15) is 44.0 Å². The van der Waals surface area contributed by atoms with Crippen LogP contribution in [0.25, 0.3) is 11.0 Å². The van der Waals surface area contributed by atoms with Crippen molar-refractivity contribution in [3.05, 3.63) is 23.8 Å². The lowest BCUT2D eigenvalue weighted by Gasteiger charge is -2.14. The first-order valence-electron chi connectivity index (χ1n) is 6.83. The molecule has 1 amide bonds. The fraction of sp³-hybridized carbons (Fsp3) is 0.500. The van der Waals surface area contributed by atoms with E-state index in [4.69, 9.17) is 0 Å². The van der Waals surface area contributed by atoms with Crippen molar-refractivity contribution < 1.29 is 4.79 Å². The highest BCUT2D eigenvalue weighted by Gasteiger charge is 2.12. The van der Waals surface area contributed by atoms with Gasteiger partial charge < -0.3 is 5.32 Å². The highest BCUT2D eigenvalue weighted by molar-refractivity contribution is 5.97. The van der Waals surface area contributed by atoms with Gasteiger partial charge in [-0.15, -0.1) is 5.10 Å². The molecule has 0 spiro atoms. The zero-order valence-corrected chi connectivity index (χ0v) is 11.7. The van der Waals surface area contributed by atoms with E-state index in [2.05, 4.69) is 29.5 Å². The number of benzene rings is 1. The average Bonchev–Trinajstić information content (AvgIpc) is 2.86. The second-order valence-electron chi connectivity index (χ2n) is 4.60. The Balaban J connectivity index is 2.23. The van der Waals surface area contributed by atoms with Crippen LogP contribution in [0.4, 0.5) is 0 Å². The van der Waals surface area contributed by atoms with Crippen molar-refractivity contribution in [2.75, 3.05) is 0 Å². The van der Waals surface area contributed by atoms with Crippen molar-refractivity contribution in [2.24, 2.45) is 0 Å². The third-order valence-corrected chi connectivity index (χ3v) is 3.40. The second kappa shape index (κ2) is 5.82. The number of fused-ring (bicyclic) bond motifs is 1. The topological polar surface area (TPSA) is 59.8 Å². The summed E-state index contributed by atoms with van der Waals surface area (Å²) in [6.07, 6.45) is 1.88. The zero-order valence-electron chi connectivity index (χ0n) is 11.7. The lowest BCUT2D eigenvalue weighted by molar-refractivity contribution is 0.0935. The predicted octanol–water partition coefficient (Wildman–Crippen LogP) is 2.37. The predicted molar refractivity (Wildman–Crippen MR) is 75.0 cm³/mol. The van der Waals surface area contributed by atoms with Gasteiger partial charge in [-0.3, -0.25) is 4.79 Å². The molecule has 0 fully saturated rings. The van der Waals surface area contributed by atoms with Gasteiger partial charge in [0.1, 0.15) is 5.52 Å². The van der Waals surface area contributed by atoms with Gasteiger partial charge in [0.25, 0.3) is 5.91 Å². The van der Waals surface area contributed by atoms with Crippen LogP contribution in [0.15, 0.2) is 18.2 Å². The Morgan fingerprint density at radius 2 is 2.05 bits per heavy atom. The van der Waals surface area contributed by atoms with E-state index in [1.54, 1.807) is 6.07 Å². The Morgan fingerprint density at radius 1 is 1.32 bits per heavy atom. The van der Waals surface area contributed by atoms with Gasteiger partial charge in [-0.05, 0) is 38.0 Å². The third kappa shape index (κ3) is 2.75. The molecule has 0 atom stereocenters. The monoisotopic (exact) mass is 260 g/mol.